The van der Waals surface area contributed by atoms with Crippen LogP contribution in [0.3, 0.4) is 0 Å². The molecule has 2 aromatic carbocycles. The second-order valence-electron chi connectivity index (χ2n) is 5.57. The number of primary amides is 1. The zero-order valence-electron chi connectivity index (χ0n) is 14.1. The van der Waals surface area contributed by atoms with Crippen molar-refractivity contribution < 1.29 is 14.0 Å². The van der Waals surface area contributed by atoms with E-state index in [4.69, 9.17) is 5.73 Å². The molecular weight excluding hydrogens is 365 g/mol. The summed E-state index contributed by atoms with van der Waals surface area (Å²) in [5, 5.41) is 5.14. The first-order valence-corrected chi connectivity index (χ1v) is 8.83. The highest BCUT2D eigenvalue weighted by atomic mass is 32.1. The van der Waals surface area contributed by atoms with Crippen LogP contribution in [0.1, 0.15) is 4.88 Å². The number of nitrogens with two attached hydrogens (primary N) is 1. The molecule has 0 unspecified atom stereocenters. The van der Waals surface area contributed by atoms with E-state index >= 15 is 0 Å². The first kappa shape index (κ1) is 18.3. The number of nitrogens with one attached hydrogen (secondary N) is 2. The Balaban J connectivity index is 1.66. The molecule has 0 aliphatic carbocycles. The maximum atomic E-state index is 13.8. The Morgan fingerprint density at radius 2 is 1.70 bits per heavy atom. The van der Waals surface area contributed by atoms with Gasteiger partial charge in [-0.1, -0.05) is 24.3 Å². The molecule has 0 saturated carbocycles. The maximum Gasteiger partial charge on any atom is 0.316 e. The number of rotatable bonds is 5. The van der Waals surface area contributed by atoms with Gasteiger partial charge in [-0.05, 0) is 42.5 Å². The van der Waals surface area contributed by atoms with Crippen molar-refractivity contribution in [2.45, 2.75) is 0 Å². The fraction of sp³-hybridized carbons (Fsp3) is 0. The van der Waals surface area contributed by atoms with Gasteiger partial charge in [0, 0.05) is 32.8 Å². The van der Waals surface area contributed by atoms with E-state index < -0.39 is 6.03 Å². The maximum absolute atomic E-state index is 13.8. The van der Waals surface area contributed by atoms with Crippen molar-refractivity contribution in [3.63, 3.8) is 0 Å². The average Bonchev–Trinajstić information content (AvgIpc) is 3.09. The molecule has 1 heterocycles. The summed E-state index contributed by atoms with van der Waals surface area (Å²) in [5.74, 6) is -0.607. The molecule has 0 fully saturated rings. The van der Waals surface area contributed by atoms with Crippen molar-refractivity contribution >= 4 is 40.7 Å². The Hall–Kier alpha value is -3.45. The number of urea groups is 1. The molecule has 27 heavy (non-hydrogen) atoms. The number of hydrogen-bond donors (Lipinski definition) is 3. The number of benzene rings is 2. The zero-order valence-corrected chi connectivity index (χ0v) is 14.9. The van der Waals surface area contributed by atoms with E-state index in [1.165, 1.54) is 23.5 Å². The van der Waals surface area contributed by atoms with Crippen molar-refractivity contribution in [1.29, 1.82) is 0 Å². The Labute approximate surface area is 159 Å². The lowest BCUT2D eigenvalue weighted by molar-refractivity contribution is -0.111. The Morgan fingerprint density at radius 1 is 0.963 bits per heavy atom. The summed E-state index contributed by atoms with van der Waals surface area (Å²) in [7, 11) is 0. The molecule has 0 atom stereocenters. The monoisotopic (exact) mass is 381 g/mol. The quantitative estimate of drug-likeness (QED) is 0.560. The van der Waals surface area contributed by atoms with Crippen LogP contribution >= 0.6 is 11.3 Å². The largest absolute Gasteiger partial charge is 0.351 e. The SMILES string of the molecule is NC(=O)Nc1cccc(NC(=O)/C=C/c2ccc(-c3ccccc3F)s2)c1. The van der Waals surface area contributed by atoms with Crippen LogP contribution in [0.15, 0.2) is 66.7 Å². The molecule has 7 heteroatoms. The zero-order chi connectivity index (χ0) is 19.2. The number of carbonyl (C=O) groups excluding carboxylic acids is 2. The van der Waals surface area contributed by atoms with E-state index in [9.17, 15) is 14.0 Å². The highest BCUT2D eigenvalue weighted by Crippen LogP contribution is 2.30. The summed E-state index contributed by atoms with van der Waals surface area (Å²) in [6.07, 6.45) is 3.06. The Morgan fingerprint density at radius 3 is 2.44 bits per heavy atom. The number of thiophene rings is 1. The van der Waals surface area contributed by atoms with Crippen LogP contribution < -0.4 is 16.4 Å². The van der Waals surface area contributed by atoms with E-state index in [1.807, 2.05) is 12.1 Å². The molecule has 4 N–H and O–H groups in total. The fourth-order valence-electron chi connectivity index (χ4n) is 2.41. The van der Waals surface area contributed by atoms with Gasteiger partial charge in [0.15, 0.2) is 0 Å². The number of hydrogen-bond acceptors (Lipinski definition) is 3. The molecule has 0 spiro atoms. The number of carbonyl (C=O) groups is 2. The van der Waals surface area contributed by atoms with Crippen LogP contribution in [-0.2, 0) is 4.79 Å². The molecule has 136 valence electrons. The number of anilines is 2. The van der Waals surface area contributed by atoms with Gasteiger partial charge >= 0.3 is 6.03 Å². The van der Waals surface area contributed by atoms with E-state index in [1.54, 1.807) is 48.5 Å². The van der Waals surface area contributed by atoms with Gasteiger partial charge in [0.05, 0.1) is 0 Å². The van der Waals surface area contributed by atoms with Crippen molar-refractivity contribution in [2.75, 3.05) is 10.6 Å². The molecular formula is C20H16FN3O2S. The summed E-state index contributed by atoms with van der Waals surface area (Å²) in [5.41, 5.74) is 6.61. The van der Waals surface area contributed by atoms with Gasteiger partial charge in [-0.3, -0.25) is 4.79 Å². The van der Waals surface area contributed by atoms with Gasteiger partial charge in [-0.25, -0.2) is 9.18 Å². The smallest absolute Gasteiger partial charge is 0.316 e. The van der Waals surface area contributed by atoms with Crippen molar-refractivity contribution in [3.8, 4) is 10.4 Å². The third-order valence-corrected chi connectivity index (χ3v) is 4.65. The highest BCUT2D eigenvalue weighted by Gasteiger charge is 2.06. The normalized spacial score (nSPS) is 10.7. The van der Waals surface area contributed by atoms with E-state index in [2.05, 4.69) is 10.6 Å². The lowest BCUT2D eigenvalue weighted by Gasteiger charge is -2.05. The van der Waals surface area contributed by atoms with Gasteiger partial charge in [0.25, 0.3) is 0 Å². The molecule has 3 amide bonds. The average molecular weight is 381 g/mol. The lowest BCUT2D eigenvalue weighted by atomic mass is 10.2. The van der Waals surface area contributed by atoms with Gasteiger partial charge in [0.2, 0.25) is 5.91 Å². The van der Waals surface area contributed by atoms with E-state index in [-0.39, 0.29) is 11.7 Å². The molecule has 1 aromatic heterocycles. The third kappa shape index (κ3) is 5.02. The molecule has 0 aliphatic rings. The molecule has 3 rings (SSSR count). The van der Waals surface area contributed by atoms with Crippen molar-refractivity contribution in [3.05, 3.63) is 77.4 Å². The van der Waals surface area contributed by atoms with Crippen LogP contribution in [-0.4, -0.2) is 11.9 Å². The van der Waals surface area contributed by atoms with Crippen LogP contribution in [0.25, 0.3) is 16.5 Å². The second-order valence-corrected chi connectivity index (χ2v) is 6.69. The summed E-state index contributed by atoms with van der Waals surface area (Å²) < 4.78 is 13.8. The van der Waals surface area contributed by atoms with Crippen molar-refractivity contribution in [1.82, 2.24) is 0 Å². The van der Waals surface area contributed by atoms with E-state index in [0.717, 1.165) is 9.75 Å². The highest BCUT2D eigenvalue weighted by molar-refractivity contribution is 7.16. The predicted molar refractivity (Wildman–Crippen MR) is 107 cm³/mol. The number of amides is 3. The predicted octanol–water partition coefficient (Wildman–Crippen LogP) is 4.70. The summed E-state index contributed by atoms with van der Waals surface area (Å²) in [6.45, 7) is 0. The van der Waals surface area contributed by atoms with Gasteiger partial charge in [-0.2, -0.15) is 0 Å². The topological polar surface area (TPSA) is 84.2 Å². The van der Waals surface area contributed by atoms with Crippen LogP contribution in [0.2, 0.25) is 0 Å². The minimum atomic E-state index is -0.679. The van der Waals surface area contributed by atoms with Crippen LogP contribution in [0.5, 0.6) is 0 Å². The van der Waals surface area contributed by atoms with Gasteiger partial charge < -0.3 is 16.4 Å². The van der Waals surface area contributed by atoms with Gasteiger partial charge in [-0.15, -0.1) is 11.3 Å². The summed E-state index contributed by atoms with van der Waals surface area (Å²) in [6, 6.07) is 16.2. The van der Waals surface area contributed by atoms with Crippen LogP contribution in [0, 0.1) is 5.82 Å². The minimum Gasteiger partial charge on any atom is -0.351 e. The summed E-state index contributed by atoms with van der Waals surface area (Å²) >= 11 is 1.39. The molecule has 0 aliphatic heterocycles. The first-order valence-electron chi connectivity index (χ1n) is 8.01. The van der Waals surface area contributed by atoms with E-state index in [0.29, 0.717) is 16.9 Å². The minimum absolute atomic E-state index is 0.280. The molecule has 0 radical (unpaired) electrons. The van der Waals surface area contributed by atoms with Crippen LogP contribution in [0.4, 0.5) is 20.6 Å². The summed E-state index contributed by atoms with van der Waals surface area (Å²) in [4.78, 5) is 24.6. The fourth-order valence-corrected chi connectivity index (χ4v) is 3.34. The molecule has 3 aromatic rings. The standard InChI is InChI=1S/C20H16FN3O2S/c21-17-7-2-1-6-16(17)18-10-8-15(27-18)9-11-19(25)23-13-4-3-5-14(12-13)24-20(22)26/h1-12H,(H,23,25)(H3,22,24,26)/b11-9+. The first-order chi connectivity index (χ1) is 13.0. The Kier molecular flexibility index (Phi) is 5.63. The van der Waals surface area contributed by atoms with Crippen molar-refractivity contribution in [2.24, 2.45) is 5.73 Å². The van der Waals surface area contributed by atoms with Gasteiger partial charge in [0.1, 0.15) is 5.82 Å². The third-order valence-electron chi connectivity index (χ3n) is 3.56. The second kappa shape index (κ2) is 8.29. The lowest BCUT2D eigenvalue weighted by Crippen LogP contribution is -2.19. The number of halogens is 1. The molecule has 5 nitrogen and oxygen atoms in total. The molecule has 0 bridgehead atoms. The molecule has 0 saturated heterocycles. The Bertz CT molecular complexity index is 1010.